The van der Waals surface area contributed by atoms with Crippen molar-refractivity contribution in [1.82, 2.24) is 0 Å². The van der Waals surface area contributed by atoms with Crippen LogP contribution in [0.5, 0.6) is 5.75 Å². The summed E-state index contributed by atoms with van der Waals surface area (Å²) in [6.07, 6.45) is 0.431. The summed E-state index contributed by atoms with van der Waals surface area (Å²) in [5.74, 6) is 0.0707. The van der Waals surface area contributed by atoms with Crippen molar-refractivity contribution in [1.29, 1.82) is 0 Å². The van der Waals surface area contributed by atoms with E-state index in [-0.39, 0.29) is 17.2 Å². The monoisotopic (exact) mass is 430 g/mol. The van der Waals surface area contributed by atoms with Gasteiger partial charge < -0.3 is 15.0 Å². The van der Waals surface area contributed by atoms with Crippen LogP contribution in [-0.4, -0.2) is 38.6 Å². The van der Waals surface area contributed by atoms with Crippen LogP contribution < -0.4 is 15.0 Å². The second kappa shape index (κ2) is 8.87. The Hall–Kier alpha value is -2.87. The maximum Gasteiger partial charge on any atom is 0.225 e. The number of nitrogens with zero attached hydrogens (tertiary/aromatic N) is 1. The first kappa shape index (κ1) is 21.8. The minimum Gasteiger partial charge on any atom is -0.492 e. The van der Waals surface area contributed by atoms with Gasteiger partial charge in [-0.25, -0.2) is 8.42 Å². The summed E-state index contributed by atoms with van der Waals surface area (Å²) in [6.45, 7) is 5.87. The van der Waals surface area contributed by atoms with Crippen LogP contribution in [0.1, 0.15) is 32.8 Å². The average molecular weight is 431 g/mol. The SMILES string of the molecule is CCOc1ccccc1NC(=O)C[C@@H](C)S(=O)(=O)c1ccc2c(c1)CCN2C(C)=O. The molecule has 1 atom stereocenters. The molecular weight excluding hydrogens is 404 g/mol. The molecule has 0 radical (unpaired) electrons. The zero-order valence-corrected chi connectivity index (χ0v) is 18.2. The Bertz CT molecular complexity index is 1060. The molecule has 0 aromatic heterocycles. The first-order chi connectivity index (χ1) is 14.2. The van der Waals surface area contributed by atoms with Gasteiger partial charge in [0.1, 0.15) is 5.75 Å². The number of benzene rings is 2. The number of sulfone groups is 1. The average Bonchev–Trinajstić information content (AvgIpc) is 3.13. The normalized spacial score (nSPS) is 14.2. The fourth-order valence-corrected chi connectivity index (χ4v) is 4.94. The minimum absolute atomic E-state index is 0.0678. The first-order valence-electron chi connectivity index (χ1n) is 9.90. The van der Waals surface area contributed by atoms with Crippen LogP contribution >= 0.6 is 0 Å². The van der Waals surface area contributed by atoms with Crippen LogP contribution in [0.4, 0.5) is 11.4 Å². The molecule has 2 aromatic rings. The van der Waals surface area contributed by atoms with Crippen LogP contribution in [0.25, 0.3) is 0 Å². The molecular formula is C22H26N2O5S. The van der Waals surface area contributed by atoms with Crippen LogP contribution in [-0.2, 0) is 25.8 Å². The van der Waals surface area contributed by atoms with E-state index in [0.29, 0.717) is 31.0 Å². The van der Waals surface area contributed by atoms with Crippen molar-refractivity contribution < 1.29 is 22.7 Å². The second-order valence-electron chi connectivity index (χ2n) is 7.25. The number of ether oxygens (including phenoxy) is 1. The summed E-state index contributed by atoms with van der Waals surface area (Å²) < 4.78 is 31.5. The van der Waals surface area contributed by atoms with Gasteiger partial charge in [-0.15, -0.1) is 0 Å². The fraction of sp³-hybridized carbons (Fsp3) is 0.364. The Morgan fingerprint density at radius 3 is 2.63 bits per heavy atom. The highest BCUT2D eigenvalue weighted by Gasteiger charge is 2.29. The molecule has 0 unspecified atom stereocenters. The number of para-hydroxylation sites is 2. The summed E-state index contributed by atoms with van der Waals surface area (Å²) in [5, 5.41) is 1.83. The zero-order chi connectivity index (χ0) is 21.9. The molecule has 0 saturated carbocycles. The lowest BCUT2D eigenvalue weighted by Gasteiger charge is -2.17. The molecule has 1 N–H and O–H groups in total. The predicted octanol–water partition coefficient (Wildman–Crippen LogP) is 3.19. The summed E-state index contributed by atoms with van der Waals surface area (Å²) in [4.78, 5) is 26.0. The van der Waals surface area contributed by atoms with Crippen molar-refractivity contribution in [3.63, 3.8) is 0 Å². The van der Waals surface area contributed by atoms with Crippen LogP contribution in [0, 0.1) is 0 Å². The van der Waals surface area contributed by atoms with Crippen molar-refractivity contribution in [2.75, 3.05) is 23.4 Å². The van der Waals surface area contributed by atoms with Gasteiger partial charge in [-0.1, -0.05) is 12.1 Å². The molecule has 0 saturated heterocycles. The third-order valence-corrected chi connectivity index (χ3v) is 7.26. The smallest absolute Gasteiger partial charge is 0.225 e. The van der Waals surface area contributed by atoms with E-state index in [2.05, 4.69) is 5.32 Å². The van der Waals surface area contributed by atoms with E-state index in [0.717, 1.165) is 11.3 Å². The molecule has 1 aliphatic rings. The molecule has 2 aromatic carbocycles. The number of rotatable bonds is 7. The van der Waals surface area contributed by atoms with Crippen molar-refractivity contribution in [2.24, 2.45) is 0 Å². The number of anilines is 2. The second-order valence-corrected chi connectivity index (χ2v) is 9.61. The van der Waals surface area contributed by atoms with E-state index in [1.807, 2.05) is 6.92 Å². The maximum atomic E-state index is 13.0. The third-order valence-electron chi connectivity index (χ3n) is 5.12. The Kier molecular flexibility index (Phi) is 6.45. The molecule has 3 rings (SSSR count). The van der Waals surface area contributed by atoms with E-state index in [9.17, 15) is 18.0 Å². The lowest BCUT2D eigenvalue weighted by Crippen LogP contribution is -2.26. The van der Waals surface area contributed by atoms with Crippen LogP contribution in [0.3, 0.4) is 0 Å². The Morgan fingerprint density at radius 1 is 1.20 bits per heavy atom. The van der Waals surface area contributed by atoms with E-state index in [1.54, 1.807) is 41.3 Å². The third kappa shape index (κ3) is 4.48. The van der Waals surface area contributed by atoms with Crippen LogP contribution in [0.2, 0.25) is 0 Å². The molecule has 8 heteroatoms. The molecule has 160 valence electrons. The molecule has 0 aliphatic carbocycles. The Labute approximate surface area is 177 Å². The minimum atomic E-state index is -3.70. The van der Waals surface area contributed by atoms with Crippen LogP contribution in [0.15, 0.2) is 47.4 Å². The number of hydrogen-bond acceptors (Lipinski definition) is 5. The largest absolute Gasteiger partial charge is 0.492 e. The van der Waals surface area contributed by atoms with Gasteiger partial charge in [-0.2, -0.15) is 0 Å². The molecule has 1 heterocycles. The summed E-state index contributed by atoms with van der Waals surface area (Å²) in [7, 11) is -3.70. The Balaban J connectivity index is 1.73. The van der Waals surface area contributed by atoms with E-state index in [4.69, 9.17) is 4.74 Å². The molecule has 1 aliphatic heterocycles. The maximum absolute atomic E-state index is 13.0. The number of hydrogen-bond donors (Lipinski definition) is 1. The van der Waals surface area contributed by atoms with Gasteiger partial charge in [0, 0.05) is 25.6 Å². The quantitative estimate of drug-likeness (QED) is 0.728. The van der Waals surface area contributed by atoms with Gasteiger partial charge in [0.25, 0.3) is 0 Å². The van der Waals surface area contributed by atoms with Gasteiger partial charge in [-0.05, 0) is 56.2 Å². The highest BCUT2D eigenvalue weighted by atomic mass is 32.2. The van der Waals surface area contributed by atoms with Gasteiger partial charge in [0.15, 0.2) is 9.84 Å². The molecule has 30 heavy (non-hydrogen) atoms. The highest BCUT2D eigenvalue weighted by molar-refractivity contribution is 7.92. The van der Waals surface area contributed by atoms with Crippen molar-refractivity contribution in [2.45, 2.75) is 43.8 Å². The lowest BCUT2D eigenvalue weighted by atomic mass is 10.2. The van der Waals surface area contributed by atoms with Gasteiger partial charge >= 0.3 is 0 Å². The number of nitrogens with one attached hydrogen (secondary N) is 1. The van der Waals surface area contributed by atoms with E-state index in [1.165, 1.54) is 19.9 Å². The molecule has 0 bridgehead atoms. The van der Waals surface area contributed by atoms with E-state index >= 15 is 0 Å². The fourth-order valence-electron chi connectivity index (χ4n) is 3.54. The van der Waals surface area contributed by atoms with Crippen molar-refractivity contribution in [3.05, 3.63) is 48.0 Å². The standard InChI is InChI=1S/C22H26N2O5S/c1-4-29-21-8-6-5-7-19(21)23-22(26)13-15(2)30(27,28)18-9-10-20-17(14-18)11-12-24(20)16(3)25/h5-10,14-15H,4,11-13H2,1-3H3,(H,23,26)/t15-/m1/s1. The van der Waals surface area contributed by atoms with Crippen molar-refractivity contribution in [3.8, 4) is 5.75 Å². The molecule has 0 spiro atoms. The highest BCUT2D eigenvalue weighted by Crippen LogP contribution is 2.32. The van der Waals surface area contributed by atoms with Crippen molar-refractivity contribution >= 4 is 33.0 Å². The van der Waals surface area contributed by atoms with Gasteiger partial charge in [0.2, 0.25) is 11.8 Å². The molecule has 2 amide bonds. The first-order valence-corrected chi connectivity index (χ1v) is 11.4. The predicted molar refractivity (Wildman–Crippen MR) is 116 cm³/mol. The number of fused-ring (bicyclic) bond motifs is 1. The zero-order valence-electron chi connectivity index (χ0n) is 17.3. The molecule has 0 fully saturated rings. The number of amides is 2. The lowest BCUT2D eigenvalue weighted by molar-refractivity contribution is -0.117. The van der Waals surface area contributed by atoms with Gasteiger partial charge in [0.05, 0.1) is 22.4 Å². The van der Waals surface area contributed by atoms with Gasteiger partial charge in [-0.3, -0.25) is 9.59 Å². The Morgan fingerprint density at radius 2 is 1.93 bits per heavy atom. The number of carbonyl (C=O) groups excluding carboxylic acids is 2. The molecule has 7 nitrogen and oxygen atoms in total. The summed E-state index contributed by atoms with van der Waals surface area (Å²) >= 11 is 0. The topological polar surface area (TPSA) is 92.8 Å². The van der Waals surface area contributed by atoms with E-state index < -0.39 is 21.0 Å². The number of carbonyl (C=O) groups is 2. The summed E-state index contributed by atoms with van der Waals surface area (Å²) in [6, 6.07) is 11.8. The summed E-state index contributed by atoms with van der Waals surface area (Å²) in [5.41, 5.74) is 2.09.